The van der Waals surface area contributed by atoms with Crippen molar-refractivity contribution in [2.75, 3.05) is 7.11 Å². The highest BCUT2D eigenvalue weighted by Gasteiger charge is 2.08. The van der Waals surface area contributed by atoms with Gasteiger partial charge in [0.05, 0.1) is 19.2 Å². The van der Waals surface area contributed by atoms with Gasteiger partial charge in [-0.05, 0) is 18.6 Å². The summed E-state index contributed by atoms with van der Waals surface area (Å²) in [4.78, 5) is 15.3. The summed E-state index contributed by atoms with van der Waals surface area (Å²) in [6, 6.07) is 3.92. The lowest BCUT2D eigenvalue weighted by atomic mass is 10.3. The molecule has 0 atom stereocenters. The van der Waals surface area contributed by atoms with Crippen molar-refractivity contribution in [3.05, 3.63) is 35.8 Å². The van der Waals surface area contributed by atoms with E-state index >= 15 is 0 Å². The summed E-state index contributed by atoms with van der Waals surface area (Å²) in [5.41, 5.74) is 2.83. The van der Waals surface area contributed by atoms with Crippen LogP contribution < -0.4 is 0 Å². The second-order valence-electron chi connectivity index (χ2n) is 3.44. The molecule has 0 aromatic carbocycles. The Kier molecular flexibility index (Phi) is 2.41. The molecule has 0 unspecified atom stereocenters. The third kappa shape index (κ3) is 1.83. The number of fused-ring (bicyclic) bond motifs is 1. The number of esters is 1. The molecule has 2 aromatic heterocycles. The number of ether oxygens (including phenoxy) is 1. The molecule has 0 saturated heterocycles. The van der Waals surface area contributed by atoms with E-state index in [1.807, 2.05) is 29.7 Å². The lowest BCUT2D eigenvalue weighted by molar-refractivity contribution is -0.139. The first-order valence-electron chi connectivity index (χ1n) is 4.70. The summed E-state index contributed by atoms with van der Waals surface area (Å²) in [6.07, 6.45) is 3.91. The predicted molar refractivity (Wildman–Crippen MR) is 55.6 cm³/mol. The Morgan fingerprint density at radius 2 is 2.33 bits per heavy atom. The van der Waals surface area contributed by atoms with Gasteiger partial charge in [-0.2, -0.15) is 0 Å². The molecule has 0 aliphatic rings. The second-order valence-corrected chi connectivity index (χ2v) is 3.44. The Bertz CT molecular complexity index is 502. The molecule has 2 heterocycles. The van der Waals surface area contributed by atoms with Gasteiger partial charge in [0.25, 0.3) is 0 Å². The summed E-state index contributed by atoms with van der Waals surface area (Å²) in [5.74, 6) is -0.252. The average Bonchev–Trinajstić information content (AvgIpc) is 2.61. The van der Waals surface area contributed by atoms with Gasteiger partial charge in [0, 0.05) is 12.4 Å². The van der Waals surface area contributed by atoms with Gasteiger partial charge in [0.15, 0.2) is 0 Å². The minimum absolute atomic E-state index is 0.251. The van der Waals surface area contributed by atoms with Crippen LogP contribution in [0.25, 0.3) is 5.65 Å². The Labute approximate surface area is 87.5 Å². The molecule has 0 bridgehead atoms. The van der Waals surface area contributed by atoms with Crippen LogP contribution in [0.5, 0.6) is 0 Å². The van der Waals surface area contributed by atoms with E-state index in [9.17, 15) is 4.79 Å². The fourth-order valence-corrected chi connectivity index (χ4v) is 1.49. The highest BCUT2D eigenvalue weighted by molar-refractivity contribution is 5.72. The molecule has 0 aliphatic heterocycles. The maximum Gasteiger partial charge on any atom is 0.311 e. The number of aromatic nitrogens is 2. The molecular weight excluding hydrogens is 192 g/mol. The molecule has 2 rings (SSSR count). The molecule has 0 fully saturated rings. The van der Waals surface area contributed by atoms with Crippen LogP contribution >= 0.6 is 0 Å². The van der Waals surface area contributed by atoms with Crippen molar-refractivity contribution in [2.45, 2.75) is 13.3 Å². The molecule has 78 valence electrons. The van der Waals surface area contributed by atoms with Crippen molar-refractivity contribution in [3.8, 4) is 0 Å². The molecule has 0 aliphatic carbocycles. The highest BCUT2D eigenvalue weighted by Crippen LogP contribution is 2.09. The van der Waals surface area contributed by atoms with E-state index in [-0.39, 0.29) is 12.4 Å². The number of carbonyl (C=O) groups is 1. The average molecular weight is 204 g/mol. The molecule has 2 aromatic rings. The summed E-state index contributed by atoms with van der Waals surface area (Å²) < 4.78 is 6.53. The van der Waals surface area contributed by atoms with Gasteiger partial charge < -0.3 is 9.14 Å². The molecule has 4 heteroatoms. The molecule has 0 radical (unpaired) electrons. The largest absolute Gasteiger partial charge is 0.469 e. The summed E-state index contributed by atoms with van der Waals surface area (Å²) >= 11 is 0. The molecule has 0 amide bonds. The number of imidazole rings is 1. The smallest absolute Gasteiger partial charge is 0.311 e. The zero-order chi connectivity index (χ0) is 10.8. The molecule has 0 N–H and O–H groups in total. The third-order valence-corrected chi connectivity index (χ3v) is 2.28. The van der Waals surface area contributed by atoms with Gasteiger partial charge in [-0.15, -0.1) is 0 Å². The lowest BCUT2D eigenvalue weighted by Crippen LogP contribution is -2.06. The third-order valence-electron chi connectivity index (χ3n) is 2.28. The van der Waals surface area contributed by atoms with Gasteiger partial charge in [-0.3, -0.25) is 4.79 Å². The lowest BCUT2D eigenvalue weighted by Gasteiger charge is -2.01. The number of pyridine rings is 1. The van der Waals surface area contributed by atoms with Crippen molar-refractivity contribution in [3.63, 3.8) is 0 Å². The maximum atomic E-state index is 11.1. The van der Waals surface area contributed by atoms with Crippen LogP contribution in [0.4, 0.5) is 0 Å². The van der Waals surface area contributed by atoms with Crippen molar-refractivity contribution in [1.29, 1.82) is 0 Å². The first kappa shape index (κ1) is 9.71. The highest BCUT2D eigenvalue weighted by atomic mass is 16.5. The molecule has 0 saturated carbocycles. The van der Waals surface area contributed by atoms with Crippen LogP contribution in [0.2, 0.25) is 0 Å². The van der Waals surface area contributed by atoms with Crippen LogP contribution in [0.15, 0.2) is 24.5 Å². The number of carbonyl (C=O) groups excluding carboxylic acids is 1. The first-order valence-corrected chi connectivity index (χ1v) is 4.70. The zero-order valence-electron chi connectivity index (χ0n) is 8.73. The van der Waals surface area contributed by atoms with Gasteiger partial charge in [0.1, 0.15) is 5.65 Å². The summed E-state index contributed by atoms with van der Waals surface area (Å²) in [7, 11) is 1.39. The number of rotatable bonds is 2. The summed E-state index contributed by atoms with van der Waals surface area (Å²) in [5, 5.41) is 0. The minimum Gasteiger partial charge on any atom is -0.469 e. The Morgan fingerprint density at radius 3 is 3.07 bits per heavy atom. The van der Waals surface area contributed by atoms with Gasteiger partial charge in [-0.1, -0.05) is 6.07 Å². The van der Waals surface area contributed by atoms with E-state index in [0.717, 1.165) is 16.9 Å². The molecule has 15 heavy (non-hydrogen) atoms. The fourth-order valence-electron chi connectivity index (χ4n) is 1.49. The van der Waals surface area contributed by atoms with Gasteiger partial charge in [0.2, 0.25) is 0 Å². The van der Waals surface area contributed by atoms with Crippen LogP contribution in [0, 0.1) is 6.92 Å². The van der Waals surface area contributed by atoms with E-state index in [1.54, 1.807) is 6.20 Å². The Hall–Kier alpha value is -1.84. The topological polar surface area (TPSA) is 43.6 Å². The van der Waals surface area contributed by atoms with Gasteiger partial charge >= 0.3 is 5.97 Å². The Morgan fingerprint density at radius 1 is 1.53 bits per heavy atom. The van der Waals surface area contributed by atoms with Crippen molar-refractivity contribution in [2.24, 2.45) is 0 Å². The first-order chi connectivity index (χ1) is 7.20. The van der Waals surface area contributed by atoms with Crippen molar-refractivity contribution >= 4 is 11.6 Å². The van der Waals surface area contributed by atoms with Crippen LogP contribution in [-0.4, -0.2) is 22.5 Å². The minimum atomic E-state index is -0.252. The normalized spacial score (nSPS) is 10.5. The van der Waals surface area contributed by atoms with Crippen LogP contribution in [0.1, 0.15) is 11.3 Å². The van der Waals surface area contributed by atoms with Gasteiger partial charge in [-0.25, -0.2) is 4.98 Å². The van der Waals surface area contributed by atoms with E-state index in [1.165, 1.54) is 7.11 Å². The number of aryl methyl sites for hydroxylation is 1. The number of methoxy groups -OCH3 is 1. The van der Waals surface area contributed by atoms with E-state index in [2.05, 4.69) is 9.72 Å². The Balaban J connectivity index is 2.43. The summed E-state index contributed by atoms with van der Waals surface area (Å²) in [6.45, 7) is 2.00. The predicted octanol–water partition coefficient (Wildman–Crippen LogP) is 1.36. The second kappa shape index (κ2) is 3.73. The van der Waals surface area contributed by atoms with E-state index in [4.69, 9.17) is 0 Å². The molecule has 4 nitrogen and oxygen atoms in total. The van der Waals surface area contributed by atoms with Crippen molar-refractivity contribution < 1.29 is 9.53 Å². The monoisotopic (exact) mass is 204 g/mol. The fraction of sp³-hybridized carbons (Fsp3) is 0.273. The van der Waals surface area contributed by atoms with Crippen LogP contribution in [-0.2, 0) is 16.0 Å². The van der Waals surface area contributed by atoms with E-state index < -0.39 is 0 Å². The standard InChI is InChI=1S/C11H12N2O2/c1-8-3-4-10-12-6-9(13(10)7-8)5-11(14)15-2/h3-4,6-7H,5H2,1-2H3. The maximum absolute atomic E-state index is 11.1. The molecule has 0 spiro atoms. The zero-order valence-corrected chi connectivity index (χ0v) is 8.73. The number of nitrogens with zero attached hydrogens (tertiary/aromatic N) is 2. The quantitative estimate of drug-likeness (QED) is 0.694. The SMILES string of the molecule is COC(=O)Cc1cnc2ccc(C)cn12. The van der Waals surface area contributed by atoms with E-state index in [0.29, 0.717) is 0 Å². The van der Waals surface area contributed by atoms with Crippen molar-refractivity contribution in [1.82, 2.24) is 9.38 Å². The van der Waals surface area contributed by atoms with Crippen LogP contribution in [0.3, 0.4) is 0 Å². The number of hydrogen-bond acceptors (Lipinski definition) is 3. The molecular formula is C11H12N2O2. The number of hydrogen-bond donors (Lipinski definition) is 0.